The quantitative estimate of drug-likeness (QED) is 0.580. The highest BCUT2D eigenvalue weighted by atomic mass is 35.5. The second kappa shape index (κ2) is 4.41. The Kier molecular flexibility index (Phi) is 3.05. The highest BCUT2D eigenvalue weighted by Gasteiger charge is 2.45. The van der Waals surface area contributed by atoms with Crippen molar-refractivity contribution in [3.63, 3.8) is 0 Å². The van der Waals surface area contributed by atoms with Gasteiger partial charge in [-0.1, -0.05) is 23.7 Å². The van der Waals surface area contributed by atoms with Gasteiger partial charge in [0.15, 0.2) is 0 Å². The zero-order valence-corrected chi connectivity index (χ0v) is 10.8. The molecule has 1 aromatic rings. The van der Waals surface area contributed by atoms with Crippen molar-refractivity contribution in [3.8, 4) is 0 Å². The second-order valence-electron chi connectivity index (χ2n) is 4.33. The van der Waals surface area contributed by atoms with Gasteiger partial charge in [0.05, 0.1) is 25.8 Å². The van der Waals surface area contributed by atoms with Gasteiger partial charge in [0.2, 0.25) is 5.79 Å². The van der Waals surface area contributed by atoms with Crippen LogP contribution in [0.3, 0.4) is 0 Å². The Morgan fingerprint density at radius 2 is 2.06 bits per heavy atom. The molecule has 0 aliphatic carbocycles. The Labute approximate surface area is 110 Å². The first kappa shape index (κ1) is 11.8. The van der Waals surface area contributed by atoms with Gasteiger partial charge in [0.25, 0.3) is 0 Å². The molecule has 0 N–H and O–H groups in total. The van der Waals surface area contributed by atoms with Crippen LogP contribution in [0.15, 0.2) is 18.2 Å². The van der Waals surface area contributed by atoms with Crippen LogP contribution in [-0.4, -0.2) is 30.7 Å². The van der Waals surface area contributed by atoms with Crippen LogP contribution in [-0.2, 0) is 21.8 Å². The maximum atomic E-state index is 6.29. The molecule has 3 rings (SSSR count). The number of hydrogen-bond donors (Lipinski definition) is 0. The van der Waals surface area contributed by atoms with E-state index in [2.05, 4.69) is 4.90 Å². The van der Waals surface area contributed by atoms with Gasteiger partial charge in [-0.3, -0.25) is 4.90 Å². The maximum Gasteiger partial charge on any atom is 0.210 e. The molecular weight excluding hydrogens is 261 g/mol. The fourth-order valence-corrected chi connectivity index (χ4v) is 3.08. The number of alkyl halides is 1. The lowest BCUT2D eigenvalue weighted by Gasteiger charge is -2.39. The number of fused-ring (bicyclic) bond motifs is 2. The van der Waals surface area contributed by atoms with Gasteiger partial charge in [-0.2, -0.15) is 0 Å². The SMILES string of the molecule is ClCN1Cc2cccc(Cl)c2C2(C1)OCCO2. The van der Waals surface area contributed by atoms with E-state index in [4.69, 9.17) is 32.7 Å². The number of hydrogen-bond acceptors (Lipinski definition) is 3. The highest BCUT2D eigenvalue weighted by Crippen LogP contribution is 2.42. The molecule has 1 fully saturated rings. The molecule has 3 nitrogen and oxygen atoms in total. The molecule has 0 amide bonds. The third-order valence-corrected chi connectivity index (χ3v) is 3.88. The van der Waals surface area contributed by atoms with Gasteiger partial charge >= 0.3 is 0 Å². The molecule has 0 atom stereocenters. The van der Waals surface area contributed by atoms with E-state index in [1.165, 1.54) is 0 Å². The Balaban J connectivity index is 2.11. The summed E-state index contributed by atoms with van der Waals surface area (Å²) in [5.41, 5.74) is 2.10. The van der Waals surface area contributed by atoms with Gasteiger partial charge in [-0.15, -0.1) is 11.6 Å². The summed E-state index contributed by atoms with van der Waals surface area (Å²) in [6.07, 6.45) is 0. The summed E-state index contributed by atoms with van der Waals surface area (Å²) in [5.74, 6) is -0.721. The van der Waals surface area contributed by atoms with Crippen molar-refractivity contribution in [2.45, 2.75) is 12.3 Å². The van der Waals surface area contributed by atoms with Gasteiger partial charge in [-0.05, 0) is 11.6 Å². The monoisotopic (exact) mass is 273 g/mol. The molecule has 0 saturated carbocycles. The van der Waals surface area contributed by atoms with Gasteiger partial charge in [-0.25, -0.2) is 0 Å². The Hall–Kier alpha value is -0.320. The Bertz CT molecular complexity index is 433. The molecule has 1 saturated heterocycles. The molecule has 2 heterocycles. The minimum absolute atomic E-state index is 0.459. The van der Waals surface area contributed by atoms with Crippen molar-refractivity contribution in [2.75, 3.05) is 25.8 Å². The van der Waals surface area contributed by atoms with Crippen LogP contribution in [0.1, 0.15) is 11.1 Å². The van der Waals surface area contributed by atoms with Crippen LogP contribution in [0, 0.1) is 0 Å². The smallest absolute Gasteiger partial charge is 0.210 e. The fraction of sp³-hybridized carbons (Fsp3) is 0.500. The first-order chi connectivity index (χ1) is 8.25. The number of benzene rings is 1. The van der Waals surface area contributed by atoms with E-state index in [-0.39, 0.29) is 0 Å². The summed E-state index contributed by atoms with van der Waals surface area (Å²) >= 11 is 12.2. The van der Waals surface area contributed by atoms with Gasteiger partial charge < -0.3 is 9.47 Å². The largest absolute Gasteiger partial charge is 0.342 e. The molecule has 0 unspecified atom stereocenters. The van der Waals surface area contributed by atoms with Crippen LogP contribution in [0.5, 0.6) is 0 Å². The normalized spacial score (nSPS) is 22.9. The second-order valence-corrected chi connectivity index (χ2v) is 4.98. The molecule has 0 aromatic heterocycles. The summed E-state index contributed by atoms with van der Waals surface area (Å²) in [6.45, 7) is 2.61. The van der Waals surface area contributed by atoms with Crippen molar-refractivity contribution in [3.05, 3.63) is 34.3 Å². The zero-order chi connectivity index (χ0) is 11.9. The van der Waals surface area contributed by atoms with E-state index in [1.807, 2.05) is 18.2 Å². The molecule has 92 valence electrons. The molecule has 1 aromatic carbocycles. The van der Waals surface area contributed by atoms with Crippen LogP contribution in [0.4, 0.5) is 0 Å². The molecule has 2 aliphatic rings. The van der Waals surface area contributed by atoms with Crippen LogP contribution >= 0.6 is 23.2 Å². The van der Waals surface area contributed by atoms with Crippen molar-refractivity contribution in [1.29, 1.82) is 0 Å². The molecule has 5 heteroatoms. The number of nitrogens with zero attached hydrogens (tertiary/aromatic N) is 1. The van der Waals surface area contributed by atoms with Gasteiger partial charge in [0, 0.05) is 17.1 Å². The number of rotatable bonds is 1. The molecular formula is C12H13Cl2NO2. The minimum atomic E-state index is -0.721. The summed E-state index contributed by atoms with van der Waals surface area (Å²) in [6, 6.07) is 6.33. The topological polar surface area (TPSA) is 21.7 Å². The zero-order valence-electron chi connectivity index (χ0n) is 9.29. The predicted molar refractivity (Wildman–Crippen MR) is 66.2 cm³/mol. The molecule has 0 radical (unpaired) electrons. The lowest BCUT2D eigenvalue weighted by atomic mass is 9.94. The lowest BCUT2D eigenvalue weighted by Crippen LogP contribution is -2.46. The maximum absolute atomic E-state index is 6.29. The van der Waals surface area contributed by atoms with Crippen LogP contribution in [0.2, 0.25) is 5.02 Å². The lowest BCUT2D eigenvalue weighted by molar-refractivity contribution is -0.185. The molecule has 17 heavy (non-hydrogen) atoms. The summed E-state index contributed by atoms with van der Waals surface area (Å²) in [7, 11) is 0. The molecule has 0 bridgehead atoms. The van der Waals surface area contributed by atoms with E-state index in [9.17, 15) is 0 Å². The fourth-order valence-electron chi connectivity index (χ4n) is 2.57. The van der Waals surface area contributed by atoms with Crippen LogP contribution < -0.4 is 0 Å². The molecule has 1 spiro atoms. The first-order valence-electron chi connectivity index (χ1n) is 5.59. The molecule has 2 aliphatic heterocycles. The van der Waals surface area contributed by atoms with Crippen LogP contribution in [0.25, 0.3) is 0 Å². The first-order valence-corrected chi connectivity index (χ1v) is 6.50. The summed E-state index contributed by atoms with van der Waals surface area (Å²) in [4.78, 5) is 2.09. The average Bonchev–Trinajstić information content (AvgIpc) is 2.77. The van der Waals surface area contributed by atoms with Gasteiger partial charge in [0.1, 0.15) is 0 Å². The number of ether oxygens (including phenoxy) is 2. The third kappa shape index (κ3) is 1.86. The van der Waals surface area contributed by atoms with E-state index in [0.29, 0.717) is 30.8 Å². The number of halogens is 2. The van der Waals surface area contributed by atoms with E-state index in [1.54, 1.807) is 0 Å². The summed E-state index contributed by atoms with van der Waals surface area (Å²) in [5, 5.41) is 0.707. The third-order valence-electron chi connectivity index (χ3n) is 3.23. The van der Waals surface area contributed by atoms with E-state index < -0.39 is 5.79 Å². The summed E-state index contributed by atoms with van der Waals surface area (Å²) < 4.78 is 11.6. The Morgan fingerprint density at radius 3 is 2.76 bits per heavy atom. The predicted octanol–water partition coefficient (Wildman–Crippen LogP) is 2.55. The average molecular weight is 274 g/mol. The minimum Gasteiger partial charge on any atom is -0.342 e. The van der Waals surface area contributed by atoms with E-state index >= 15 is 0 Å². The standard InChI is InChI=1S/C12H13Cl2NO2/c13-8-15-6-9-2-1-3-10(14)11(9)12(7-15)16-4-5-17-12/h1-3H,4-8H2. The van der Waals surface area contributed by atoms with Crippen molar-refractivity contribution in [1.82, 2.24) is 4.90 Å². The highest BCUT2D eigenvalue weighted by molar-refractivity contribution is 6.31. The van der Waals surface area contributed by atoms with Crippen molar-refractivity contribution in [2.24, 2.45) is 0 Å². The Morgan fingerprint density at radius 1 is 1.29 bits per heavy atom. The van der Waals surface area contributed by atoms with Crippen molar-refractivity contribution >= 4 is 23.2 Å². The van der Waals surface area contributed by atoms with Crippen molar-refractivity contribution < 1.29 is 9.47 Å². The van der Waals surface area contributed by atoms with E-state index in [0.717, 1.165) is 17.7 Å².